The molecule has 0 radical (unpaired) electrons. The Kier molecular flexibility index (Phi) is 4.78. The number of ether oxygens (including phenoxy) is 1. The highest BCUT2D eigenvalue weighted by Crippen LogP contribution is 2.24. The SMILES string of the molecule is COc1ccc(NC(=O)c2ccc(CN3C(=O)c4ccccc4C3=O)cc2)cn1. The molecule has 2 aromatic carbocycles. The average molecular weight is 387 g/mol. The molecular formula is C22H17N3O4. The lowest BCUT2D eigenvalue weighted by molar-refractivity contribution is 0.0642. The Balaban J connectivity index is 1.43. The molecule has 1 N–H and O–H groups in total. The summed E-state index contributed by atoms with van der Waals surface area (Å²) in [7, 11) is 1.52. The molecule has 1 aliphatic rings. The monoisotopic (exact) mass is 387 g/mol. The predicted octanol–water partition coefficient (Wildman–Crippen LogP) is 3.14. The van der Waals surface area contributed by atoms with Crippen molar-refractivity contribution in [1.29, 1.82) is 0 Å². The number of hydrogen-bond acceptors (Lipinski definition) is 5. The molecule has 0 fully saturated rings. The third-order valence-electron chi connectivity index (χ3n) is 4.64. The van der Waals surface area contributed by atoms with Gasteiger partial charge >= 0.3 is 0 Å². The summed E-state index contributed by atoms with van der Waals surface area (Å²) in [6, 6.07) is 16.9. The van der Waals surface area contributed by atoms with Crippen LogP contribution in [0.4, 0.5) is 5.69 Å². The number of rotatable bonds is 5. The predicted molar refractivity (Wildman–Crippen MR) is 106 cm³/mol. The van der Waals surface area contributed by atoms with E-state index in [0.717, 1.165) is 5.56 Å². The van der Waals surface area contributed by atoms with Crippen molar-refractivity contribution in [2.45, 2.75) is 6.54 Å². The summed E-state index contributed by atoms with van der Waals surface area (Å²) in [4.78, 5) is 42.6. The summed E-state index contributed by atoms with van der Waals surface area (Å²) >= 11 is 0. The van der Waals surface area contributed by atoms with E-state index >= 15 is 0 Å². The summed E-state index contributed by atoms with van der Waals surface area (Å²) in [6.45, 7) is 0.149. The van der Waals surface area contributed by atoms with Gasteiger partial charge in [0.2, 0.25) is 5.88 Å². The van der Waals surface area contributed by atoms with Gasteiger partial charge in [0, 0.05) is 11.6 Å². The topological polar surface area (TPSA) is 88.6 Å². The number of fused-ring (bicyclic) bond motifs is 1. The molecule has 1 aromatic heterocycles. The standard InChI is InChI=1S/C22H17N3O4/c1-29-19-11-10-16(12-23-19)24-20(26)15-8-6-14(7-9-15)13-25-21(27)17-4-2-3-5-18(17)22(25)28/h2-12H,13H2,1H3,(H,24,26). The molecule has 7 heteroatoms. The molecule has 0 atom stereocenters. The Morgan fingerprint density at radius 1 is 0.966 bits per heavy atom. The van der Waals surface area contributed by atoms with Gasteiger partial charge in [-0.1, -0.05) is 24.3 Å². The smallest absolute Gasteiger partial charge is 0.261 e. The third kappa shape index (κ3) is 3.58. The number of carbonyl (C=O) groups is 3. The van der Waals surface area contributed by atoms with E-state index in [1.807, 2.05) is 0 Å². The van der Waals surface area contributed by atoms with Crippen LogP contribution in [-0.4, -0.2) is 34.7 Å². The maximum absolute atomic E-state index is 12.5. The number of carbonyl (C=O) groups excluding carboxylic acids is 3. The van der Waals surface area contributed by atoms with Crippen molar-refractivity contribution in [3.05, 3.63) is 89.1 Å². The molecule has 0 bridgehead atoms. The van der Waals surface area contributed by atoms with Crippen LogP contribution < -0.4 is 10.1 Å². The Bertz CT molecular complexity index is 1060. The number of pyridine rings is 1. The first-order valence-corrected chi connectivity index (χ1v) is 8.92. The second-order valence-corrected chi connectivity index (χ2v) is 6.48. The Morgan fingerprint density at radius 2 is 1.62 bits per heavy atom. The fraction of sp³-hybridized carbons (Fsp3) is 0.0909. The first-order chi connectivity index (χ1) is 14.1. The minimum Gasteiger partial charge on any atom is -0.481 e. The highest BCUT2D eigenvalue weighted by Gasteiger charge is 2.34. The molecule has 29 heavy (non-hydrogen) atoms. The molecule has 0 spiro atoms. The van der Waals surface area contributed by atoms with Crippen molar-refractivity contribution in [3.8, 4) is 5.88 Å². The lowest BCUT2D eigenvalue weighted by atomic mass is 10.1. The van der Waals surface area contributed by atoms with Gasteiger partial charge in [0.25, 0.3) is 17.7 Å². The van der Waals surface area contributed by atoms with Crippen LogP contribution in [0.15, 0.2) is 66.9 Å². The van der Waals surface area contributed by atoms with E-state index in [2.05, 4.69) is 10.3 Å². The van der Waals surface area contributed by atoms with Crippen LogP contribution in [0, 0.1) is 0 Å². The van der Waals surface area contributed by atoms with Gasteiger partial charge in [0.15, 0.2) is 0 Å². The number of methoxy groups -OCH3 is 1. The molecule has 3 amide bonds. The zero-order valence-corrected chi connectivity index (χ0v) is 15.6. The van der Waals surface area contributed by atoms with E-state index in [0.29, 0.717) is 28.3 Å². The molecule has 2 heterocycles. The molecule has 1 aliphatic heterocycles. The van der Waals surface area contributed by atoms with Crippen LogP contribution in [0.1, 0.15) is 36.6 Å². The van der Waals surface area contributed by atoms with E-state index in [-0.39, 0.29) is 24.3 Å². The molecular weight excluding hydrogens is 370 g/mol. The molecule has 3 aromatic rings. The highest BCUT2D eigenvalue weighted by molar-refractivity contribution is 6.21. The molecule has 7 nitrogen and oxygen atoms in total. The largest absolute Gasteiger partial charge is 0.481 e. The number of aromatic nitrogens is 1. The van der Waals surface area contributed by atoms with E-state index < -0.39 is 0 Å². The lowest BCUT2D eigenvalue weighted by Gasteiger charge is -2.14. The second kappa shape index (κ2) is 7.55. The van der Waals surface area contributed by atoms with E-state index in [1.165, 1.54) is 18.2 Å². The van der Waals surface area contributed by atoms with Gasteiger partial charge in [0.05, 0.1) is 36.7 Å². The van der Waals surface area contributed by atoms with Gasteiger partial charge in [-0.05, 0) is 35.9 Å². The van der Waals surface area contributed by atoms with E-state index in [4.69, 9.17) is 4.74 Å². The number of nitrogens with zero attached hydrogens (tertiary/aromatic N) is 2. The van der Waals surface area contributed by atoms with Crippen LogP contribution in [-0.2, 0) is 6.54 Å². The van der Waals surface area contributed by atoms with Gasteiger partial charge in [-0.15, -0.1) is 0 Å². The molecule has 144 valence electrons. The molecule has 0 saturated heterocycles. The summed E-state index contributed by atoms with van der Waals surface area (Å²) in [5.74, 6) is -0.441. The number of imide groups is 1. The van der Waals surface area contributed by atoms with Gasteiger partial charge < -0.3 is 10.1 Å². The fourth-order valence-electron chi connectivity index (χ4n) is 3.11. The second-order valence-electron chi connectivity index (χ2n) is 6.48. The molecule has 0 aliphatic carbocycles. The quantitative estimate of drug-likeness (QED) is 0.680. The first-order valence-electron chi connectivity index (χ1n) is 8.92. The van der Waals surface area contributed by atoms with E-state index in [9.17, 15) is 14.4 Å². The average Bonchev–Trinajstić information content (AvgIpc) is 3.00. The minimum atomic E-state index is -0.306. The van der Waals surface area contributed by atoms with Crippen LogP contribution in [0.2, 0.25) is 0 Å². The maximum Gasteiger partial charge on any atom is 0.261 e. The Hall–Kier alpha value is -4.00. The van der Waals surface area contributed by atoms with Crippen molar-refractivity contribution in [1.82, 2.24) is 9.88 Å². The van der Waals surface area contributed by atoms with Crippen LogP contribution >= 0.6 is 0 Å². The molecule has 0 saturated carbocycles. The van der Waals surface area contributed by atoms with Crippen LogP contribution in [0.25, 0.3) is 0 Å². The Morgan fingerprint density at radius 3 is 2.17 bits per heavy atom. The zero-order valence-electron chi connectivity index (χ0n) is 15.6. The van der Waals surface area contributed by atoms with Gasteiger partial charge in [-0.2, -0.15) is 0 Å². The third-order valence-corrected chi connectivity index (χ3v) is 4.64. The van der Waals surface area contributed by atoms with Crippen molar-refractivity contribution in [3.63, 3.8) is 0 Å². The number of amides is 3. The zero-order chi connectivity index (χ0) is 20.4. The number of anilines is 1. The summed E-state index contributed by atoms with van der Waals surface area (Å²) < 4.78 is 4.99. The van der Waals surface area contributed by atoms with Crippen molar-refractivity contribution in [2.24, 2.45) is 0 Å². The first kappa shape index (κ1) is 18.4. The summed E-state index contributed by atoms with van der Waals surface area (Å²) in [5, 5.41) is 2.75. The van der Waals surface area contributed by atoms with E-state index in [1.54, 1.807) is 60.7 Å². The van der Waals surface area contributed by atoms with Crippen LogP contribution in [0.5, 0.6) is 5.88 Å². The molecule has 0 unspecified atom stereocenters. The number of nitrogens with one attached hydrogen (secondary N) is 1. The summed E-state index contributed by atoms with van der Waals surface area (Å²) in [5.41, 5.74) is 2.59. The normalized spacial score (nSPS) is 12.7. The molecule has 4 rings (SSSR count). The summed E-state index contributed by atoms with van der Waals surface area (Å²) in [6.07, 6.45) is 1.51. The fourth-order valence-corrected chi connectivity index (χ4v) is 3.11. The maximum atomic E-state index is 12.5. The van der Waals surface area contributed by atoms with Crippen molar-refractivity contribution in [2.75, 3.05) is 12.4 Å². The van der Waals surface area contributed by atoms with Crippen molar-refractivity contribution < 1.29 is 19.1 Å². The number of benzene rings is 2. The van der Waals surface area contributed by atoms with Gasteiger partial charge in [-0.25, -0.2) is 4.98 Å². The minimum absolute atomic E-state index is 0.149. The van der Waals surface area contributed by atoms with Gasteiger partial charge in [0.1, 0.15) is 0 Å². The van der Waals surface area contributed by atoms with Gasteiger partial charge in [-0.3, -0.25) is 19.3 Å². The number of hydrogen-bond donors (Lipinski definition) is 1. The Labute approximate surface area is 166 Å². The lowest BCUT2D eigenvalue weighted by Crippen LogP contribution is -2.29. The van der Waals surface area contributed by atoms with Crippen molar-refractivity contribution >= 4 is 23.4 Å². The van der Waals surface area contributed by atoms with Crippen LogP contribution in [0.3, 0.4) is 0 Å². The highest BCUT2D eigenvalue weighted by atomic mass is 16.5.